The molecule has 0 aliphatic carbocycles. The zero-order valence-corrected chi connectivity index (χ0v) is 26.3. The van der Waals surface area contributed by atoms with Gasteiger partial charge in [-0.2, -0.15) is 0 Å². The van der Waals surface area contributed by atoms with Crippen molar-refractivity contribution in [2.45, 2.75) is 9.79 Å². The molecule has 2 aromatic heterocycles. The molecule has 0 saturated carbocycles. The minimum Gasteiger partial charge on any atom is -0.436 e. The van der Waals surface area contributed by atoms with Crippen LogP contribution in [0.15, 0.2) is 170 Å². The van der Waals surface area contributed by atoms with Gasteiger partial charge < -0.3 is 13.7 Å². The monoisotopic (exact) mass is 635 g/mol. The molecule has 0 spiro atoms. The van der Waals surface area contributed by atoms with E-state index in [2.05, 4.69) is 108 Å². The molecular formula is C42H25N3O2S. The number of nitrogens with zero attached hydrogens (tertiary/aromatic N) is 3. The van der Waals surface area contributed by atoms with Crippen LogP contribution in [0.2, 0.25) is 0 Å². The van der Waals surface area contributed by atoms with E-state index in [4.69, 9.17) is 18.8 Å². The number of fused-ring (bicyclic) bond motifs is 5. The van der Waals surface area contributed by atoms with Crippen molar-refractivity contribution < 1.29 is 8.83 Å². The Hall–Kier alpha value is -6.11. The summed E-state index contributed by atoms with van der Waals surface area (Å²) in [5, 5.41) is 2.48. The van der Waals surface area contributed by atoms with E-state index in [1.165, 1.54) is 21.9 Å². The highest BCUT2D eigenvalue weighted by atomic mass is 32.2. The molecule has 5 nitrogen and oxygen atoms in total. The van der Waals surface area contributed by atoms with E-state index in [9.17, 15) is 0 Å². The van der Waals surface area contributed by atoms with Crippen LogP contribution in [0.4, 0.5) is 17.1 Å². The van der Waals surface area contributed by atoms with Gasteiger partial charge in [0.15, 0.2) is 11.2 Å². The van der Waals surface area contributed by atoms with E-state index < -0.39 is 0 Å². The van der Waals surface area contributed by atoms with Gasteiger partial charge in [0, 0.05) is 26.6 Å². The van der Waals surface area contributed by atoms with Crippen LogP contribution in [0.1, 0.15) is 0 Å². The Balaban J connectivity index is 1.10. The van der Waals surface area contributed by atoms with E-state index in [0.29, 0.717) is 11.8 Å². The normalized spacial score (nSPS) is 12.5. The van der Waals surface area contributed by atoms with Crippen molar-refractivity contribution in [3.05, 3.63) is 152 Å². The van der Waals surface area contributed by atoms with Gasteiger partial charge in [-0.1, -0.05) is 90.6 Å². The lowest BCUT2D eigenvalue weighted by molar-refractivity contribution is 0.619. The summed E-state index contributed by atoms with van der Waals surface area (Å²) in [6.45, 7) is 0. The topological polar surface area (TPSA) is 55.3 Å². The number of para-hydroxylation sites is 4. The first-order chi connectivity index (χ1) is 23.7. The number of hydrogen-bond acceptors (Lipinski definition) is 6. The SMILES string of the molecule is c1ccc2c(-c3ccc(N4c5ccc(-c6nc7ccccc7o6)cc5Sc5cc(-c6nc7ccccc7o6)ccc54)cc3)cccc2c1. The van der Waals surface area contributed by atoms with E-state index in [1.54, 1.807) is 11.8 Å². The van der Waals surface area contributed by atoms with Crippen molar-refractivity contribution >= 4 is 61.8 Å². The highest BCUT2D eigenvalue weighted by Gasteiger charge is 2.27. The predicted octanol–water partition coefficient (Wildman–Crippen LogP) is 12.1. The van der Waals surface area contributed by atoms with Crippen LogP contribution in [-0.4, -0.2) is 9.97 Å². The van der Waals surface area contributed by atoms with Crippen LogP contribution in [0.5, 0.6) is 0 Å². The highest BCUT2D eigenvalue weighted by Crippen LogP contribution is 2.53. The number of anilines is 3. The van der Waals surface area contributed by atoms with E-state index in [1.807, 2.05) is 48.5 Å². The van der Waals surface area contributed by atoms with Crippen molar-refractivity contribution in [3.8, 4) is 34.0 Å². The second kappa shape index (κ2) is 10.7. The maximum Gasteiger partial charge on any atom is 0.227 e. The van der Waals surface area contributed by atoms with Crippen molar-refractivity contribution in [2.24, 2.45) is 0 Å². The zero-order chi connectivity index (χ0) is 31.6. The summed E-state index contributed by atoms with van der Waals surface area (Å²) in [5.41, 5.74) is 10.8. The van der Waals surface area contributed by atoms with E-state index in [-0.39, 0.29) is 0 Å². The van der Waals surface area contributed by atoms with Crippen LogP contribution in [-0.2, 0) is 0 Å². The van der Waals surface area contributed by atoms with Crippen LogP contribution in [0, 0.1) is 0 Å². The average Bonchev–Trinajstić information content (AvgIpc) is 3.78. The van der Waals surface area contributed by atoms with Gasteiger partial charge in [0.25, 0.3) is 0 Å². The quantitative estimate of drug-likeness (QED) is 0.192. The van der Waals surface area contributed by atoms with E-state index in [0.717, 1.165) is 60.2 Å². The fourth-order valence-electron chi connectivity index (χ4n) is 6.61. The second-order valence-corrected chi connectivity index (χ2v) is 12.9. The predicted molar refractivity (Wildman–Crippen MR) is 194 cm³/mol. The van der Waals surface area contributed by atoms with Crippen molar-refractivity contribution in [1.29, 1.82) is 0 Å². The van der Waals surface area contributed by atoms with Gasteiger partial charge in [-0.05, 0) is 94.7 Å². The molecule has 0 fully saturated rings. The molecule has 0 N–H and O–H groups in total. The first-order valence-corrected chi connectivity index (χ1v) is 16.6. The Morgan fingerprint density at radius 1 is 0.479 bits per heavy atom. The molecule has 1 aliphatic rings. The molecule has 0 saturated heterocycles. The van der Waals surface area contributed by atoms with Gasteiger partial charge in [-0.15, -0.1) is 0 Å². The lowest BCUT2D eigenvalue weighted by atomic mass is 9.98. The number of rotatable bonds is 4. The van der Waals surface area contributed by atoms with Gasteiger partial charge in [0.05, 0.1) is 11.4 Å². The molecule has 0 unspecified atom stereocenters. The summed E-state index contributed by atoms with van der Waals surface area (Å²) in [6, 6.07) is 52.5. The smallest absolute Gasteiger partial charge is 0.227 e. The summed E-state index contributed by atoms with van der Waals surface area (Å²) in [7, 11) is 0. The summed E-state index contributed by atoms with van der Waals surface area (Å²) in [5.74, 6) is 1.22. The first kappa shape index (κ1) is 27.0. The molecule has 6 heteroatoms. The zero-order valence-electron chi connectivity index (χ0n) is 25.5. The summed E-state index contributed by atoms with van der Waals surface area (Å²) < 4.78 is 12.3. The molecule has 10 rings (SSSR count). The molecule has 7 aromatic carbocycles. The highest BCUT2D eigenvalue weighted by molar-refractivity contribution is 7.99. The van der Waals surface area contributed by atoms with Crippen molar-refractivity contribution in [2.75, 3.05) is 4.90 Å². The molecule has 0 radical (unpaired) electrons. The molecule has 3 heterocycles. The minimum absolute atomic E-state index is 0.608. The largest absolute Gasteiger partial charge is 0.436 e. The Labute approximate surface area is 280 Å². The number of hydrogen-bond donors (Lipinski definition) is 0. The fourth-order valence-corrected chi connectivity index (χ4v) is 7.75. The Bertz CT molecular complexity index is 2480. The molecule has 48 heavy (non-hydrogen) atoms. The molecule has 9 aromatic rings. The number of aromatic nitrogens is 2. The van der Waals surface area contributed by atoms with Crippen LogP contribution in [0.25, 0.3) is 67.0 Å². The van der Waals surface area contributed by atoms with Gasteiger partial charge in [0.2, 0.25) is 11.8 Å². The van der Waals surface area contributed by atoms with Gasteiger partial charge in [-0.25, -0.2) is 9.97 Å². The van der Waals surface area contributed by atoms with Crippen LogP contribution < -0.4 is 4.90 Å². The third-order valence-corrected chi connectivity index (χ3v) is 10.0. The molecular weight excluding hydrogens is 611 g/mol. The number of oxazole rings is 2. The molecule has 0 atom stereocenters. The fraction of sp³-hybridized carbons (Fsp3) is 0. The number of benzene rings is 7. The van der Waals surface area contributed by atoms with Crippen LogP contribution >= 0.6 is 11.8 Å². The van der Waals surface area contributed by atoms with Crippen molar-refractivity contribution in [1.82, 2.24) is 9.97 Å². The van der Waals surface area contributed by atoms with Gasteiger partial charge in [-0.3, -0.25) is 0 Å². The van der Waals surface area contributed by atoms with Crippen LogP contribution in [0.3, 0.4) is 0 Å². The third-order valence-electron chi connectivity index (χ3n) is 8.93. The standard InChI is InChI=1S/C42H25N3O2S/c1-2-10-31-26(8-1)9-7-11-32(31)27-16-20-30(21-17-27)45-35-22-18-28(41-43-33-12-3-5-14-37(33)46-41)24-39(35)48-40-25-29(19-23-36(40)45)42-44-34-13-4-6-15-38(34)47-42/h1-25H. The summed E-state index contributed by atoms with van der Waals surface area (Å²) >= 11 is 1.73. The summed E-state index contributed by atoms with van der Waals surface area (Å²) in [6.07, 6.45) is 0. The Kier molecular flexibility index (Phi) is 6.04. The second-order valence-electron chi connectivity index (χ2n) is 11.8. The van der Waals surface area contributed by atoms with Gasteiger partial charge in [0.1, 0.15) is 11.0 Å². The first-order valence-electron chi connectivity index (χ1n) is 15.8. The maximum atomic E-state index is 6.16. The Morgan fingerprint density at radius 3 is 1.65 bits per heavy atom. The maximum absolute atomic E-state index is 6.16. The molecule has 0 amide bonds. The summed E-state index contributed by atoms with van der Waals surface area (Å²) in [4.78, 5) is 14.1. The lowest BCUT2D eigenvalue weighted by Gasteiger charge is -2.33. The van der Waals surface area contributed by atoms with Crippen molar-refractivity contribution in [3.63, 3.8) is 0 Å². The van der Waals surface area contributed by atoms with Gasteiger partial charge >= 0.3 is 0 Å². The third kappa shape index (κ3) is 4.42. The van der Waals surface area contributed by atoms with E-state index >= 15 is 0 Å². The molecule has 0 bridgehead atoms. The average molecular weight is 636 g/mol. The lowest BCUT2D eigenvalue weighted by Crippen LogP contribution is -2.15. The molecule has 1 aliphatic heterocycles. The Morgan fingerprint density at radius 2 is 1.02 bits per heavy atom. The minimum atomic E-state index is 0.608. The molecule has 226 valence electrons.